The predicted molar refractivity (Wildman–Crippen MR) is 74.6 cm³/mol. The number of unbranched alkanes of at least 4 members (excludes halogenated alkanes) is 5. The van der Waals surface area contributed by atoms with Crippen LogP contribution in [-0.2, 0) is 6.42 Å². The van der Waals surface area contributed by atoms with E-state index in [9.17, 15) is 0 Å². The highest BCUT2D eigenvalue weighted by Gasteiger charge is 2.06. The van der Waals surface area contributed by atoms with Crippen LogP contribution in [0.4, 0.5) is 17.3 Å². The summed E-state index contributed by atoms with van der Waals surface area (Å²) in [6.45, 7) is 2.22. The minimum atomic E-state index is 0.395. The second kappa shape index (κ2) is 6.99. The van der Waals surface area contributed by atoms with E-state index < -0.39 is 0 Å². The first-order valence-electron chi connectivity index (χ1n) is 6.45. The summed E-state index contributed by atoms with van der Waals surface area (Å²) in [6, 6.07) is 1.68. The average Bonchev–Trinajstić information content (AvgIpc) is 2.26. The summed E-state index contributed by atoms with van der Waals surface area (Å²) in [5, 5.41) is 0. The van der Waals surface area contributed by atoms with Gasteiger partial charge >= 0.3 is 0 Å². The predicted octanol–water partition coefficient (Wildman–Crippen LogP) is 2.73. The molecule has 6 N–H and O–H groups in total. The Kier molecular flexibility index (Phi) is 5.60. The van der Waals surface area contributed by atoms with Crippen LogP contribution in [0.5, 0.6) is 0 Å². The van der Waals surface area contributed by atoms with Gasteiger partial charge in [0.25, 0.3) is 0 Å². The highest BCUT2D eigenvalue weighted by atomic mass is 14.9. The Balaban J connectivity index is 2.36. The number of nitrogens with zero attached hydrogens (tertiary/aromatic N) is 1. The lowest BCUT2D eigenvalue weighted by Crippen LogP contribution is -2.05. The number of anilines is 3. The molecule has 0 bridgehead atoms. The minimum Gasteiger partial charge on any atom is -0.398 e. The van der Waals surface area contributed by atoms with E-state index in [4.69, 9.17) is 17.2 Å². The molecule has 0 aliphatic heterocycles. The van der Waals surface area contributed by atoms with Crippen molar-refractivity contribution < 1.29 is 0 Å². The third kappa shape index (κ3) is 4.51. The largest absolute Gasteiger partial charge is 0.398 e. The third-order valence-electron chi connectivity index (χ3n) is 2.99. The van der Waals surface area contributed by atoms with Crippen molar-refractivity contribution in [3.8, 4) is 0 Å². The van der Waals surface area contributed by atoms with Crippen LogP contribution < -0.4 is 17.2 Å². The van der Waals surface area contributed by atoms with E-state index in [1.807, 2.05) is 0 Å². The van der Waals surface area contributed by atoms with Crippen molar-refractivity contribution in [2.75, 3.05) is 17.2 Å². The molecule has 96 valence electrons. The molecule has 0 atom stereocenters. The smallest absolute Gasteiger partial charge is 0.131 e. The van der Waals surface area contributed by atoms with Gasteiger partial charge in [0.2, 0.25) is 0 Å². The first-order valence-corrected chi connectivity index (χ1v) is 6.45. The van der Waals surface area contributed by atoms with Crippen LogP contribution in [0, 0.1) is 0 Å². The fourth-order valence-electron chi connectivity index (χ4n) is 1.99. The van der Waals surface area contributed by atoms with Crippen LogP contribution in [0.2, 0.25) is 0 Å². The molecule has 0 amide bonds. The number of rotatable bonds is 7. The maximum atomic E-state index is 5.88. The molecule has 0 saturated carbocycles. The van der Waals surface area contributed by atoms with Crippen LogP contribution in [-0.4, -0.2) is 4.98 Å². The summed E-state index contributed by atoms with van der Waals surface area (Å²) >= 11 is 0. The molecule has 0 spiro atoms. The summed E-state index contributed by atoms with van der Waals surface area (Å²) in [6.07, 6.45) is 8.46. The number of nitrogens with two attached hydrogens (primary N) is 3. The van der Waals surface area contributed by atoms with E-state index >= 15 is 0 Å². The number of pyridine rings is 1. The zero-order chi connectivity index (χ0) is 12.7. The molecule has 1 aromatic rings. The standard InChI is InChI=1S/C13H24N4/c1-2-3-4-5-6-7-8-10-11(14)9-12(15)17-13(10)16/h9H,2-8H2,1H3,(H6,14,15,16,17). The second-order valence-corrected chi connectivity index (χ2v) is 4.52. The first-order chi connectivity index (χ1) is 8.15. The third-order valence-corrected chi connectivity index (χ3v) is 2.99. The molecule has 0 aliphatic carbocycles. The Morgan fingerprint density at radius 3 is 2.29 bits per heavy atom. The average molecular weight is 236 g/mol. The molecule has 1 rings (SSSR count). The molecule has 0 saturated heterocycles. The highest BCUT2D eigenvalue weighted by Crippen LogP contribution is 2.22. The molecule has 1 aromatic heterocycles. The molecule has 0 fully saturated rings. The molecule has 4 nitrogen and oxygen atoms in total. The fourth-order valence-corrected chi connectivity index (χ4v) is 1.99. The normalized spacial score (nSPS) is 10.6. The lowest BCUT2D eigenvalue weighted by molar-refractivity contribution is 0.608. The molecule has 0 radical (unpaired) electrons. The Hall–Kier alpha value is -1.45. The molecule has 17 heavy (non-hydrogen) atoms. The van der Waals surface area contributed by atoms with Gasteiger partial charge in [0.15, 0.2) is 0 Å². The van der Waals surface area contributed by atoms with Gasteiger partial charge < -0.3 is 17.2 Å². The fraction of sp³-hybridized carbons (Fsp3) is 0.615. The van der Waals surface area contributed by atoms with Crippen molar-refractivity contribution in [1.82, 2.24) is 4.98 Å². The van der Waals surface area contributed by atoms with E-state index in [0.29, 0.717) is 17.3 Å². The zero-order valence-corrected chi connectivity index (χ0v) is 10.7. The van der Waals surface area contributed by atoms with Crippen molar-refractivity contribution in [3.05, 3.63) is 11.6 Å². The molecular formula is C13H24N4. The molecule has 4 heteroatoms. The van der Waals surface area contributed by atoms with E-state index in [-0.39, 0.29) is 0 Å². The summed E-state index contributed by atoms with van der Waals surface area (Å²) in [5.74, 6) is 0.878. The van der Waals surface area contributed by atoms with Crippen molar-refractivity contribution >= 4 is 17.3 Å². The maximum Gasteiger partial charge on any atom is 0.131 e. The van der Waals surface area contributed by atoms with E-state index in [2.05, 4.69) is 11.9 Å². The number of nitrogen functional groups attached to an aromatic ring is 3. The Labute approximate surface area is 104 Å². The highest BCUT2D eigenvalue weighted by molar-refractivity contribution is 5.62. The monoisotopic (exact) mass is 236 g/mol. The van der Waals surface area contributed by atoms with Crippen LogP contribution in [0.25, 0.3) is 0 Å². The van der Waals surface area contributed by atoms with Crippen LogP contribution in [0.3, 0.4) is 0 Å². The molecular weight excluding hydrogens is 212 g/mol. The van der Waals surface area contributed by atoms with Gasteiger partial charge in [-0.15, -0.1) is 0 Å². The van der Waals surface area contributed by atoms with Crippen LogP contribution >= 0.6 is 0 Å². The van der Waals surface area contributed by atoms with Crippen molar-refractivity contribution in [3.63, 3.8) is 0 Å². The van der Waals surface area contributed by atoms with Crippen molar-refractivity contribution in [2.45, 2.75) is 51.9 Å². The van der Waals surface area contributed by atoms with Gasteiger partial charge in [0.05, 0.1) is 0 Å². The van der Waals surface area contributed by atoms with Crippen LogP contribution in [0.15, 0.2) is 6.07 Å². The SMILES string of the molecule is CCCCCCCCc1c(N)cc(N)nc1N. The first kappa shape index (κ1) is 13.6. The molecule has 0 aromatic carbocycles. The second-order valence-electron chi connectivity index (χ2n) is 4.52. The summed E-state index contributed by atoms with van der Waals surface area (Å²) < 4.78 is 0. The quantitative estimate of drug-likeness (QED) is 0.635. The zero-order valence-electron chi connectivity index (χ0n) is 10.7. The topological polar surface area (TPSA) is 91.0 Å². The summed E-state index contributed by atoms with van der Waals surface area (Å²) in [5.41, 5.74) is 18.9. The number of hydrogen-bond acceptors (Lipinski definition) is 4. The summed E-state index contributed by atoms with van der Waals surface area (Å²) in [4.78, 5) is 4.04. The van der Waals surface area contributed by atoms with Crippen molar-refractivity contribution in [2.24, 2.45) is 0 Å². The minimum absolute atomic E-state index is 0.395. The summed E-state index contributed by atoms with van der Waals surface area (Å²) in [7, 11) is 0. The lowest BCUT2D eigenvalue weighted by atomic mass is 10.0. The van der Waals surface area contributed by atoms with Gasteiger partial charge in [-0.2, -0.15) is 0 Å². The Bertz CT molecular complexity index is 326. The van der Waals surface area contributed by atoms with Crippen LogP contribution in [0.1, 0.15) is 51.0 Å². The van der Waals surface area contributed by atoms with Gasteiger partial charge in [-0.1, -0.05) is 39.0 Å². The van der Waals surface area contributed by atoms with Gasteiger partial charge in [-0.3, -0.25) is 0 Å². The molecule has 0 unspecified atom stereocenters. The number of hydrogen-bond donors (Lipinski definition) is 3. The molecule has 1 heterocycles. The van der Waals surface area contributed by atoms with E-state index in [1.165, 1.54) is 32.1 Å². The van der Waals surface area contributed by atoms with Crippen molar-refractivity contribution in [1.29, 1.82) is 0 Å². The van der Waals surface area contributed by atoms with Gasteiger partial charge in [0.1, 0.15) is 11.6 Å². The van der Waals surface area contributed by atoms with Gasteiger partial charge in [-0.25, -0.2) is 4.98 Å². The van der Waals surface area contributed by atoms with E-state index in [0.717, 1.165) is 18.4 Å². The lowest BCUT2D eigenvalue weighted by Gasteiger charge is -2.09. The number of aromatic nitrogens is 1. The Morgan fingerprint density at radius 1 is 1.00 bits per heavy atom. The Morgan fingerprint density at radius 2 is 1.65 bits per heavy atom. The van der Waals surface area contributed by atoms with Gasteiger partial charge in [-0.05, 0) is 12.8 Å². The van der Waals surface area contributed by atoms with Gasteiger partial charge in [0, 0.05) is 17.3 Å². The van der Waals surface area contributed by atoms with E-state index in [1.54, 1.807) is 6.07 Å². The molecule has 0 aliphatic rings. The maximum absolute atomic E-state index is 5.88.